The third kappa shape index (κ3) is 5.08. The standard InChI is InChI=1S/C18H29FN2/c1-3-5-15-8-11-21(12-9-15)13-10-18(20-2)16-6-4-7-17(19)14-16/h4,6-7,14-15,18,20H,3,5,8-13H2,1-2H3. The molecule has 1 heterocycles. The van der Waals surface area contributed by atoms with Crippen LogP contribution in [0.25, 0.3) is 0 Å². The van der Waals surface area contributed by atoms with Gasteiger partial charge in [0.25, 0.3) is 0 Å². The number of piperidine rings is 1. The fraction of sp³-hybridized carbons (Fsp3) is 0.667. The first kappa shape index (κ1) is 16.4. The van der Waals surface area contributed by atoms with Crippen molar-refractivity contribution in [2.75, 3.05) is 26.7 Å². The van der Waals surface area contributed by atoms with Gasteiger partial charge in [0.1, 0.15) is 5.82 Å². The Morgan fingerprint density at radius 3 is 2.71 bits per heavy atom. The summed E-state index contributed by atoms with van der Waals surface area (Å²) in [5.41, 5.74) is 1.05. The van der Waals surface area contributed by atoms with Crippen LogP contribution >= 0.6 is 0 Å². The van der Waals surface area contributed by atoms with Crippen molar-refractivity contribution in [3.63, 3.8) is 0 Å². The zero-order valence-corrected chi connectivity index (χ0v) is 13.4. The number of nitrogens with one attached hydrogen (secondary N) is 1. The highest BCUT2D eigenvalue weighted by Crippen LogP contribution is 2.23. The summed E-state index contributed by atoms with van der Waals surface area (Å²) in [5.74, 6) is 0.794. The molecule has 3 heteroatoms. The average molecular weight is 292 g/mol. The predicted octanol–water partition coefficient (Wildman–Crippen LogP) is 3.99. The highest BCUT2D eigenvalue weighted by Gasteiger charge is 2.19. The Balaban J connectivity index is 1.79. The Bertz CT molecular complexity index is 413. The summed E-state index contributed by atoms with van der Waals surface area (Å²) in [7, 11) is 1.96. The molecule has 1 aliphatic rings. The van der Waals surface area contributed by atoms with Crippen LogP contribution in [0.4, 0.5) is 4.39 Å². The van der Waals surface area contributed by atoms with E-state index in [9.17, 15) is 4.39 Å². The maximum Gasteiger partial charge on any atom is 0.123 e. The van der Waals surface area contributed by atoms with E-state index in [1.165, 1.54) is 44.8 Å². The Hall–Kier alpha value is -0.930. The lowest BCUT2D eigenvalue weighted by Crippen LogP contribution is -2.35. The number of likely N-dealkylation sites (tertiary alicyclic amines) is 1. The second kappa shape index (κ2) is 8.50. The Labute approximate surface area is 128 Å². The van der Waals surface area contributed by atoms with Crippen molar-refractivity contribution < 1.29 is 4.39 Å². The molecule has 118 valence electrons. The van der Waals surface area contributed by atoms with Crippen LogP contribution < -0.4 is 5.32 Å². The van der Waals surface area contributed by atoms with Gasteiger partial charge in [-0.15, -0.1) is 0 Å². The summed E-state index contributed by atoms with van der Waals surface area (Å²) in [5, 5.41) is 3.32. The summed E-state index contributed by atoms with van der Waals surface area (Å²) in [6.07, 6.45) is 6.43. The van der Waals surface area contributed by atoms with Crippen LogP contribution in [0.1, 0.15) is 50.6 Å². The molecule has 0 aromatic heterocycles. The first-order chi connectivity index (χ1) is 10.2. The van der Waals surface area contributed by atoms with Crippen LogP contribution in [0, 0.1) is 11.7 Å². The fourth-order valence-electron chi connectivity index (χ4n) is 3.42. The van der Waals surface area contributed by atoms with Crippen LogP contribution in [0.2, 0.25) is 0 Å². The number of nitrogens with zero attached hydrogens (tertiary/aromatic N) is 1. The van der Waals surface area contributed by atoms with Crippen molar-refractivity contribution in [1.82, 2.24) is 10.2 Å². The van der Waals surface area contributed by atoms with Crippen LogP contribution in [0.3, 0.4) is 0 Å². The molecule has 1 unspecified atom stereocenters. The summed E-state index contributed by atoms with van der Waals surface area (Å²) in [4.78, 5) is 2.57. The average Bonchev–Trinajstić information content (AvgIpc) is 2.50. The summed E-state index contributed by atoms with van der Waals surface area (Å²) >= 11 is 0. The SMILES string of the molecule is CCCC1CCN(CCC(NC)c2cccc(F)c2)CC1. The molecule has 0 saturated carbocycles. The number of hydrogen-bond donors (Lipinski definition) is 1. The Morgan fingerprint density at radius 1 is 1.33 bits per heavy atom. The van der Waals surface area contributed by atoms with E-state index in [0.717, 1.165) is 24.4 Å². The number of hydrogen-bond acceptors (Lipinski definition) is 2. The topological polar surface area (TPSA) is 15.3 Å². The van der Waals surface area contributed by atoms with Crippen molar-refractivity contribution >= 4 is 0 Å². The number of benzene rings is 1. The molecule has 1 N–H and O–H groups in total. The summed E-state index contributed by atoms with van der Waals surface area (Å²) in [6.45, 7) is 5.83. The maximum absolute atomic E-state index is 13.3. The van der Waals surface area contributed by atoms with E-state index in [1.807, 2.05) is 13.1 Å². The molecule has 0 spiro atoms. The van der Waals surface area contributed by atoms with Gasteiger partial charge in [0.2, 0.25) is 0 Å². The second-order valence-electron chi connectivity index (χ2n) is 6.26. The van der Waals surface area contributed by atoms with E-state index in [2.05, 4.69) is 17.1 Å². The minimum atomic E-state index is -0.145. The Morgan fingerprint density at radius 2 is 2.10 bits per heavy atom. The maximum atomic E-state index is 13.3. The van der Waals surface area contributed by atoms with E-state index in [-0.39, 0.29) is 11.9 Å². The molecule has 0 radical (unpaired) electrons. The van der Waals surface area contributed by atoms with E-state index >= 15 is 0 Å². The normalized spacial score (nSPS) is 18.8. The summed E-state index contributed by atoms with van der Waals surface area (Å²) < 4.78 is 13.3. The van der Waals surface area contributed by atoms with Gasteiger partial charge in [0.15, 0.2) is 0 Å². The molecule has 1 saturated heterocycles. The molecule has 1 atom stereocenters. The minimum Gasteiger partial charge on any atom is -0.313 e. The third-order valence-electron chi connectivity index (χ3n) is 4.74. The third-order valence-corrected chi connectivity index (χ3v) is 4.74. The summed E-state index contributed by atoms with van der Waals surface area (Å²) in [6, 6.07) is 7.21. The highest BCUT2D eigenvalue weighted by atomic mass is 19.1. The molecule has 0 bridgehead atoms. The predicted molar refractivity (Wildman–Crippen MR) is 86.9 cm³/mol. The van der Waals surface area contributed by atoms with Gasteiger partial charge >= 0.3 is 0 Å². The number of halogens is 1. The molecule has 21 heavy (non-hydrogen) atoms. The smallest absolute Gasteiger partial charge is 0.123 e. The second-order valence-corrected chi connectivity index (χ2v) is 6.26. The van der Waals surface area contributed by atoms with Crippen molar-refractivity contribution in [3.05, 3.63) is 35.6 Å². The lowest BCUT2D eigenvalue weighted by Gasteiger charge is -2.32. The molecular formula is C18H29FN2. The lowest BCUT2D eigenvalue weighted by atomic mass is 9.92. The molecule has 1 aromatic rings. The molecule has 2 rings (SSSR count). The van der Waals surface area contributed by atoms with Gasteiger partial charge in [0.05, 0.1) is 0 Å². The molecule has 1 aromatic carbocycles. The van der Waals surface area contributed by atoms with E-state index in [0.29, 0.717) is 0 Å². The zero-order valence-electron chi connectivity index (χ0n) is 13.4. The first-order valence-corrected chi connectivity index (χ1v) is 8.38. The fourth-order valence-corrected chi connectivity index (χ4v) is 3.42. The van der Waals surface area contributed by atoms with E-state index in [4.69, 9.17) is 0 Å². The van der Waals surface area contributed by atoms with Crippen molar-refractivity contribution in [1.29, 1.82) is 0 Å². The van der Waals surface area contributed by atoms with Gasteiger partial charge in [0, 0.05) is 6.04 Å². The Kier molecular flexibility index (Phi) is 6.65. The zero-order chi connectivity index (χ0) is 15.1. The lowest BCUT2D eigenvalue weighted by molar-refractivity contribution is 0.172. The first-order valence-electron chi connectivity index (χ1n) is 8.38. The van der Waals surface area contributed by atoms with Crippen molar-refractivity contribution in [2.45, 2.75) is 45.1 Å². The van der Waals surface area contributed by atoms with Crippen molar-refractivity contribution in [3.8, 4) is 0 Å². The van der Waals surface area contributed by atoms with Gasteiger partial charge in [-0.05, 0) is 69.6 Å². The van der Waals surface area contributed by atoms with Crippen LogP contribution in [-0.2, 0) is 0 Å². The molecule has 1 fully saturated rings. The molecule has 1 aliphatic heterocycles. The van der Waals surface area contributed by atoms with E-state index in [1.54, 1.807) is 12.1 Å². The quantitative estimate of drug-likeness (QED) is 0.817. The van der Waals surface area contributed by atoms with Gasteiger partial charge in [-0.25, -0.2) is 4.39 Å². The van der Waals surface area contributed by atoms with Crippen LogP contribution in [-0.4, -0.2) is 31.6 Å². The van der Waals surface area contributed by atoms with E-state index < -0.39 is 0 Å². The minimum absolute atomic E-state index is 0.145. The monoisotopic (exact) mass is 292 g/mol. The molecular weight excluding hydrogens is 263 g/mol. The van der Waals surface area contributed by atoms with Gasteiger partial charge < -0.3 is 10.2 Å². The van der Waals surface area contributed by atoms with Gasteiger partial charge in [-0.1, -0.05) is 31.9 Å². The van der Waals surface area contributed by atoms with Crippen LogP contribution in [0.15, 0.2) is 24.3 Å². The molecule has 0 amide bonds. The highest BCUT2D eigenvalue weighted by molar-refractivity contribution is 5.20. The molecule has 0 aliphatic carbocycles. The largest absolute Gasteiger partial charge is 0.313 e. The van der Waals surface area contributed by atoms with Gasteiger partial charge in [-0.2, -0.15) is 0 Å². The molecule has 2 nitrogen and oxygen atoms in total. The van der Waals surface area contributed by atoms with Crippen LogP contribution in [0.5, 0.6) is 0 Å². The van der Waals surface area contributed by atoms with Gasteiger partial charge in [-0.3, -0.25) is 0 Å². The number of rotatable bonds is 7. The van der Waals surface area contributed by atoms with Crippen molar-refractivity contribution in [2.24, 2.45) is 5.92 Å².